The third-order valence-electron chi connectivity index (χ3n) is 2.07. The largest absolute Gasteiger partial charge is 0.389 e. The quantitative estimate of drug-likeness (QED) is 0.819. The van der Waals surface area contributed by atoms with Gasteiger partial charge in [0.1, 0.15) is 4.99 Å². The number of anilines is 1. The van der Waals surface area contributed by atoms with Crippen LogP contribution in [-0.2, 0) is 10.0 Å². The van der Waals surface area contributed by atoms with E-state index in [2.05, 4.69) is 4.72 Å². The van der Waals surface area contributed by atoms with Crippen molar-refractivity contribution in [3.8, 4) is 0 Å². The molecule has 0 radical (unpaired) electrons. The van der Waals surface area contributed by atoms with Crippen molar-refractivity contribution in [3.05, 3.63) is 28.8 Å². The van der Waals surface area contributed by atoms with Gasteiger partial charge in [0.05, 0.1) is 16.5 Å². The summed E-state index contributed by atoms with van der Waals surface area (Å²) in [6.45, 7) is 3.66. The fourth-order valence-corrected chi connectivity index (χ4v) is 3.28. The van der Waals surface area contributed by atoms with E-state index in [0.29, 0.717) is 11.3 Å². The van der Waals surface area contributed by atoms with Crippen molar-refractivity contribution in [2.45, 2.75) is 13.8 Å². The predicted octanol–water partition coefficient (Wildman–Crippen LogP) is 2.37. The van der Waals surface area contributed by atoms with Crippen LogP contribution in [0.4, 0.5) is 5.69 Å². The summed E-state index contributed by atoms with van der Waals surface area (Å²) in [7, 11) is -3.39. The maximum Gasteiger partial charge on any atom is 0.233 e. The lowest BCUT2D eigenvalue weighted by Crippen LogP contribution is -2.20. The second kappa shape index (κ2) is 5.86. The number of rotatable bonds is 5. The van der Waals surface area contributed by atoms with E-state index in [-0.39, 0.29) is 21.7 Å². The molecule has 0 heterocycles. The summed E-state index contributed by atoms with van der Waals surface area (Å²) in [4.78, 5) is 0.216. The smallest absolute Gasteiger partial charge is 0.233 e. The van der Waals surface area contributed by atoms with Gasteiger partial charge in [-0.2, -0.15) is 0 Å². The van der Waals surface area contributed by atoms with Crippen LogP contribution in [0.15, 0.2) is 18.2 Å². The predicted molar refractivity (Wildman–Crippen MR) is 79.6 cm³/mol. The first kappa shape index (κ1) is 15.2. The van der Waals surface area contributed by atoms with Gasteiger partial charge in [-0.1, -0.05) is 37.7 Å². The van der Waals surface area contributed by atoms with Crippen LogP contribution in [0.2, 0.25) is 5.02 Å². The van der Waals surface area contributed by atoms with Gasteiger partial charge in [0.25, 0.3) is 0 Å². The zero-order valence-electron chi connectivity index (χ0n) is 10.1. The molecule has 18 heavy (non-hydrogen) atoms. The van der Waals surface area contributed by atoms with E-state index in [0.717, 1.165) is 0 Å². The van der Waals surface area contributed by atoms with Crippen LogP contribution in [0.3, 0.4) is 0 Å². The number of thiocarbonyl (C=S) groups is 1. The minimum Gasteiger partial charge on any atom is -0.389 e. The summed E-state index contributed by atoms with van der Waals surface area (Å²) in [5, 5.41) is 0.271. The van der Waals surface area contributed by atoms with Crippen molar-refractivity contribution in [1.29, 1.82) is 0 Å². The summed E-state index contributed by atoms with van der Waals surface area (Å²) in [6, 6.07) is 4.72. The van der Waals surface area contributed by atoms with E-state index < -0.39 is 10.0 Å². The molecule has 1 rings (SSSR count). The van der Waals surface area contributed by atoms with Crippen molar-refractivity contribution in [2.24, 2.45) is 11.7 Å². The first-order valence-electron chi connectivity index (χ1n) is 5.31. The fourth-order valence-electron chi connectivity index (χ4n) is 1.40. The van der Waals surface area contributed by atoms with Crippen LogP contribution in [-0.4, -0.2) is 19.2 Å². The lowest BCUT2D eigenvalue weighted by atomic mass is 10.2. The molecule has 7 heteroatoms. The first-order chi connectivity index (χ1) is 8.21. The van der Waals surface area contributed by atoms with Gasteiger partial charge in [-0.15, -0.1) is 0 Å². The molecular formula is C11H15ClN2O2S2. The standard InChI is InChI=1S/C11H15ClN2O2S2/c1-7(2)6-18(15,16)14-10-4-3-8(11(13)17)5-9(10)12/h3-5,7,14H,6H2,1-2H3,(H2,13,17). The number of hydrogen-bond acceptors (Lipinski definition) is 3. The summed E-state index contributed by atoms with van der Waals surface area (Å²) < 4.78 is 26.0. The van der Waals surface area contributed by atoms with E-state index in [1.165, 1.54) is 6.07 Å². The molecule has 3 N–H and O–H groups in total. The highest BCUT2D eigenvalue weighted by Crippen LogP contribution is 2.24. The second-order valence-electron chi connectivity index (χ2n) is 4.34. The average Bonchev–Trinajstić information content (AvgIpc) is 2.18. The Kier molecular flexibility index (Phi) is 4.95. The zero-order valence-corrected chi connectivity index (χ0v) is 12.5. The van der Waals surface area contributed by atoms with Gasteiger partial charge in [-0.25, -0.2) is 8.42 Å². The Morgan fingerprint density at radius 3 is 2.56 bits per heavy atom. The van der Waals surface area contributed by atoms with Crippen LogP contribution in [0.5, 0.6) is 0 Å². The number of halogens is 1. The highest BCUT2D eigenvalue weighted by atomic mass is 35.5. The molecule has 0 atom stereocenters. The van der Waals surface area contributed by atoms with Gasteiger partial charge in [0.2, 0.25) is 10.0 Å². The zero-order chi connectivity index (χ0) is 13.9. The minimum absolute atomic E-state index is 0.0390. The molecule has 100 valence electrons. The summed E-state index contributed by atoms with van der Waals surface area (Å²) in [6.07, 6.45) is 0. The van der Waals surface area contributed by atoms with Crippen molar-refractivity contribution in [1.82, 2.24) is 0 Å². The van der Waals surface area contributed by atoms with Crippen LogP contribution >= 0.6 is 23.8 Å². The minimum atomic E-state index is -3.39. The third kappa shape index (κ3) is 4.44. The van der Waals surface area contributed by atoms with Crippen molar-refractivity contribution in [3.63, 3.8) is 0 Å². The Morgan fingerprint density at radius 2 is 2.11 bits per heavy atom. The van der Waals surface area contributed by atoms with Crippen LogP contribution in [0.25, 0.3) is 0 Å². The van der Waals surface area contributed by atoms with E-state index >= 15 is 0 Å². The molecule has 0 bridgehead atoms. The molecule has 0 saturated heterocycles. The lowest BCUT2D eigenvalue weighted by Gasteiger charge is -2.11. The number of hydrogen-bond donors (Lipinski definition) is 2. The van der Waals surface area contributed by atoms with Gasteiger partial charge in [0, 0.05) is 5.56 Å². The van der Waals surface area contributed by atoms with Gasteiger partial charge < -0.3 is 5.73 Å². The molecule has 0 spiro atoms. The molecule has 0 aliphatic heterocycles. The van der Waals surface area contributed by atoms with Crippen molar-refractivity contribution >= 4 is 44.5 Å². The number of nitrogens with one attached hydrogen (secondary N) is 1. The molecule has 0 aromatic heterocycles. The lowest BCUT2D eigenvalue weighted by molar-refractivity contribution is 0.587. The molecule has 0 unspecified atom stereocenters. The Bertz CT molecular complexity index is 556. The Labute approximate surface area is 118 Å². The van der Waals surface area contributed by atoms with Crippen LogP contribution in [0, 0.1) is 5.92 Å². The molecular weight excluding hydrogens is 292 g/mol. The van der Waals surface area contributed by atoms with Crippen LogP contribution in [0.1, 0.15) is 19.4 Å². The third-order valence-corrected chi connectivity index (χ3v) is 4.26. The molecule has 1 aromatic rings. The van der Waals surface area contributed by atoms with Crippen molar-refractivity contribution < 1.29 is 8.42 Å². The Balaban J connectivity index is 2.96. The maximum atomic E-state index is 11.8. The van der Waals surface area contributed by atoms with E-state index in [9.17, 15) is 8.42 Å². The monoisotopic (exact) mass is 306 g/mol. The topological polar surface area (TPSA) is 72.2 Å². The molecule has 0 fully saturated rings. The molecule has 1 aromatic carbocycles. The van der Waals surface area contributed by atoms with Gasteiger partial charge in [-0.3, -0.25) is 4.72 Å². The molecule has 0 saturated carbocycles. The molecule has 0 amide bonds. The Hall–Kier alpha value is -0.850. The molecule has 4 nitrogen and oxygen atoms in total. The van der Waals surface area contributed by atoms with E-state index in [1.807, 2.05) is 13.8 Å². The second-order valence-corrected chi connectivity index (χ2v) is 6.95. The SMILES string of the molecule is CC(C)CS(=O)(=O)Nc1ccc(C(N)=S)cc1Cl. The van der Waals surface area contributed by atoms with Gasteiger partial charge in [0.15, 0.2) is 0 Å². The maximum absolute atomic E-state index is 11.8. The Morgan fingerprint density at radius 1 is 1.50 bits per heavy atom. The normalized spacial score (nSPS) is 11.6. The highest BCUT2D eigenvalue weighted by molar-refractivity contribution is 7.92. The van der Waals surface area contributed by atoms with E-state index in [4.69, 9.17) is 29.6 Å². The summed E-state index contributed by atoms with van der Waals surface area (Å²) in [5.41, 5.74) is 6.39. The van der Waals surface area contributed by atoms with Crippen molar-refractivity contribution in [2.75, 3.05) is 10.5 Å². The number of benzene rings is 1. The summed E-state index contributed by atoms with van der Waals surface area (Å²) >= 11 is 10.8. The average molecular weight is 307 g/mol. The van der Waals surface area contributed by atoms with E-state index in [1.54, 1.807) is 12.1 Å². The molecule has 0 aliphatic carbocycles. The van der Waals surface area contributed by atoms with Gasteiger partial charge in [-0.05, 0) is 24.1 Å². The number of sulfonamides is 1. The molecule has 0 aliphatic rings. The van der Waals surface area contributed by atoms with Crippen LogP contribution < -0.4 is 10.5 Å². The fraction of sp³-hybridized carbons (Fsp3) is 0.364. The number of nitrogens with two attached hydrogens (primary N) is 1. The first-order valence-corrected chi connectivity index (χ1v) is 7.75. The highest BCUT2D eigenvalue weighted by Gasteiger charge is 2.14. The van der Waals surface area contributed by atoms with Gasteiger partial charge >= 0.3 is 0 Å². The summed E-state index contributed by atoms with van der Waals surface area (Å²) in [5.74, 6) is 0.0811.